The SMILES string of the molecule is O=C1OC(CCc2ccccc2)C(=O)C1=C(O)C1CCCCC1. The van der Waals surface area contributed by atoms with Crippen LogP contribution in [0.1, 0.15) is 44.1 Å². The first-order chi connectivity index (χ1) is 11.2. The fraction of sp³-hybridized carbons (Fsp3) is 0.474. The fourth-order valence-electron chi connectivity index (χ4n) is 3.45. The predicted octanol–water partition coefficient (Wildman–Crippen LogP) is 3.51. The third-order valence-electron chi connectivity index (χ3n) is 4.78. The minimum absolute atomic E-state index is 0.0399. The molecule has 23 heavy (non-hydrogen) atoms. The molecule has 1 aromatic rings. The van der Waals surface area contributed by atoms with E-state index in [1.807, 2.05) is 30.3 Å². The molecule has 0 amide bonds. The van der Waals surface area contributed by atoms with Gasteiger partial charge in [0.1, 0.15) is 11.3 Å². The minimum Gasteiger partial charge on any atom is -0.511 e. The highest BCUT2D eigenvalue weighted by Crippen LogP contribution is 2.33. The molecule has 2 aliphatic rings. The number of hydrogen-bond donors (Lipinski definition) is 1. The van der Waals surface area contributed by atoms with E-state index in [0.29, 0.717) is 12.8 Å². The number of benzene rings is 1. The van der Waals surface area contributed by atoms with Gasteiger partial charge in [0, 0.05) is 5.92 Å². The van der Waals surface area contributed by atoms with Crippen molar-refractivity contribution in [2.45, 2.75) is 51.0 Å². The van der Waals surface area contributed by atoms with Crippen LogP contribution in [0.3, 0.4) is 0 Å². The smallest absolute Gasteiger partial charge is 0.346 e. The van der Waals surface area contributed by atoms with Crippen LogP contribution in [0.15, 0.2) is 41.7 Å². The number of ether oxygens (including phenoxy) is 1. The van der Waals surface area contributed by atoms with Crippen LogP contribution in [0, 0.1) is 5.92 Å². The van der Waals surface area contributed by atoms with Crippen molar-refractivity contribution in [3.05, 3.63) is 47.2 Å². The molecular weight excluding hydrogens is 292 g/mol. The molecular formula is C19H22O4. The zero-order valence-corrected chi connectivity index (χ0v) is 13.2. The highest BCUT2D eigenvalue weighted by molar-refractivity contribution is 6.23. The van der Waals surface area contributed by atoms with Crippen molar-refractivity contribution in [2.24, 2.45) is 5.92 Å². The Bertz CT molecular complexity index is 612. The van der Waals surface area contributed by atoms with Crippen LogP contribution in [0.25, 0.3) is 0 Å². The topological polar surface area (TPSA) is 63.6 Å². The van der Waals surface area contributed by atoms with Gasteiger partial charge in [-0.15, -0.1) is 0 Å². The number of carbonyl (C=O) groups excluding carboxylic acids is 2. The Hall–Kier alpha value is -2.10. The van der Waals surface area contributed by atoms with Gasteiger partial charge in [-0.25, -0.2) is 4.79 Å². The summed E-state index contributed by atoms with van der Waals surface area (Å²) in [5.74, 6) is -1.12. The molecule has 1 aliphatic heterocycles. The van der Waals surface area contributed by atoms with Gasteiger partial charge in [-0.05, 0) is 31.2 Å². The van der Waals surface area contributed by atoms with Gasteiger partial charge in [0.25, 0.3) is 0 Å². The summed E-state index contributed by atoms with van der Waals surface area (Å²) < 4.78 is 5.21. The third kappa shape index (κ3) is 3.46. The second kappa shape index (κ2) is 6.99. The van der Waals surface area contributed by atoms with Crippen LogP contribution < -0.4 is 0 Å². The molecule has 4 heteroatoms. The average Bonchev–Trinajstić information content (AvgIpc) is 2.88. The van der Waals surface area contributed by atoms with E-state index in [1.165, 1.54) is 0 Å². The van der Waals surface area contributed by atoms with Crippen LogP contribution in [-0.2, 0) is 20.7 Å². The lowest BCUT2D eigenvalue weighted by Gasteiger charge is -2.21. The number of aliphatic hydroxyl groups excluding tert-OH is 1. The number of Topliss-reactive ketones (excluding diaryl/α,β-unsaturated/α-hetero) is 1. The maximum Gasteiger partial charge on any atom is 0.346 e. The predicted molar refractivity (Wildman–Crippen MR) is 85.9 cm³/mol. The molecule has 122 valence electrons. The molecule has 0 bridgehead atoms. The van der Waals surface area contributed by atoms with Crippen LogP contribution in [0.5, 0.6) is 0 Å². The first-order valence-electron chi connectivity index (χ1n) is 8.39. The number of carbonyl (C=O) groups is 2. The zero-order chi connectivity index (χ0) is 16.2. The van der Waals surface area contributed by atoms with E-state index >= 15 is 0 Å². The number of esters is 1. The monoisotopic (exact) mass is 314 g/mol. The van der Waals surface area contributed by atoms with Gasteiger partial charge in [0.15, 0.2) is 6.10 Å². The second-order valence-corrected chi connectivity index (χ2v) is 6.38. The summed E-state index contributed by atoms with van der Waals surface area (Å²) in [5.41, 5.74) is 1.00. The fourth-order valence-corrected chi connectivity index (χ4v) is 3.45. The number of aliphatic hydroxyl groups is 1. The number of hydrogen-bond acceptors (Lipinski definition) is 4. The Morgan fingerprint density at radius 1 is 1.09 bits per heavy atom. The van der Waals surface area contributed by atoms with Gasteiger partial charge in [0.05, 0.1) is 0 Å². The molecule has 1 saturated carbocycles. The molecule has 1 unspecified atom stereocenters. The number of allylic oxidation sites excluding steroid dienone is 1. The van der Waals surface area contributed by atoms with Gasteiger partial charge in [0.2, 0.25) is 5.78 Å². The van der Waals surface area contributed by atoms with E-state index in [4.69, 9.17) is 4.74 Å². The highest BCUT2D eigenvalue weighted by atomic mass is 16.6. The van der Waals surface area contributed by atoms with Crippen molar-refractivity contribution < 1.29 is 19.4 Å². The number of aryl methyl sites for hydroxylation is 1. The summed E-state index contributed by atoms with van der Waals surface area (Å²) in [7, 11) is 0. The first kappa shape index (κ1) is 15.8. The van der Waals surface area contributed by atoms with Crippen molar-refractivity contribution in [3.63, 3.8) is 0 Å². The lowest BCUT2D eigenvalue weighted by molar-refractivity contribution is -0.141. The highest BCUT2D eigenvalue weighted by Gasteiger charge is 2.42. The van der Waals surface area contributed by atoms with E-state index in [9.17, 15) is 14.7 Å². The molecule has 1 atom stereocenters. The normalized spacial score (nSPS) is 24.6. The summed E-state index contributed by atoms with van der Waals surface area (Å²) >= 11 is 0. The molecule has 1 heterocycles. The van der Waals surface area contributed by atoms with Gasteiger partial charge < -0.3 is 9.84 Å². The van der Waals surface area contributed by atoms with Gasteiger partial charge in [-0.3, -0.25) is 4.79 Å². The van der Waals surface area contributed by atoms with E-state index in [2.05, 4.69) is 0 Å². The van der Waals surface area contributed by atoms with Gasteiger partial charge in [-0.2, -0.15) is 0 Å². The summed E-state index contributed by atoms with van der Waals surface area (Å²) in [6.07, 6.45) is 5.25. The Morgan fingerprint density at radius 3 is 2.48 bits per heavy atom. The van der Waals surface area contributed by atoms with Crippen molar-refractivity contribution in [1.82, 2.24) is 0 Å². The van der Waals surface area contributed by atoms with Crippen molar-refractivity contribution in [3.8, 4) is 0 Å². The van der Waals surface area contributed by atoms with Gasteiger partial charge >= 0.3 is 5.97 Å². The standard InChI is InChI=1S/C19H22O4/c20-17(14-9-5-2-6-10-14)16-18(21)15(23-19(16)22)12-11-13-7-3-1-4-8-13/h1,3-4,7-8,14-15,20H,2,5-6,9-12H2. The summed E-state index contributed by atoms with van der Waals surface area (Å²) in [4.78, 5) is 24.5. The first-order valence-corrected chi connectivity index (χ1v) is 8.39. The molecule has 3 rings (SSSR count). The number of rotatable bonds is 4. The maximum atomic E-state index is 12.5. The minimum atomic E-state index is -0.761. The molecule has 2 fully saturated rings. The molecule has 4 nitrogen and oxygen atoms in total. The van der Waals surface area contributed by atoms with E-state index in [-0.39, 0.29) is 23.0 Å². The Balaban J connectivity index is 1.69. The average molecular weight is 314 g/mol. The van der Waals surface area contributed by atoms with Crippen molar-refractivity contribution in [1.29, 1.82) is 0 Å². The lowest BCUT2D eigenvalue weighted by atomic mass is 9.85. The number of ketones is 1. The Kier molecular flexibility index (Phi) is 4.79. The van der Waals surface area contributed by atoms with Crippen LogP contribution >= 0.6 is 0 Å². The largest absolute Gasteiger partial charge is 0.511 e. The van der Waals surface area contributed by atoms with Crippen molar-refractivity contribution in [2.75, 3.05) is 0 Å². The van der Waals surface area contributed by atoms with Crippen molar-refractivity contribution >= 4 is 11.8 Å². The molecule has 1 saturated heterocycles. The number of cyclic esters (lactones) is 1. The molecule has 0 radical (unpaired) electrons. The lowest BCUT2D eigenvalue weighted by Crippen LogP contribution is -2.19. The maximum absolute atomic E-state index is 12.5. The van der Waals surface area contributed by atoms with E-state index in [0.717, 1.165) is 37.7 Å². The quantitative estimate of drug-likeness (QED) is 0.400. The Morgan fingerprint density at radius 2 is 1.78 bits per heavy atom. The summed E-state index contributed by atoms with van der Waals surface area (Å²) in [6, 6.07) is 9.79. The van der Waals surface area contributed by atoms with E-state index < -0.39 is 12.1 Å². The summed E-state index contributed by atoms with van der Waals surface area (Å²) in [6.45, 7) is 0. The van der Waals surface area contributed by atoms with Gasteiger partial charge in [-0.1, -0.05) is 49.6 Å². The van der Waals surface area contributed by atoms with Crippen LogP contribution in [0.2, 0.25) is 0 Å². The zero-order valence-electron chi connectivity index (χ0n) is 13.2. The van der Waals surface area contributed by atoms with Crippen LogP contribution in [0.4, 0.5) is 0 Å². The molecule has 1 N–H and O–H groups in total. The van der Waals surface area contributed by atoms with E-state index in [1.54, 1.807) is 0 Å². The molecule has 1 aromatic carbocycles. The summed E-state index contributed by atoms with van der Waals surface area (Å²) in [5, 5.41) is 10.4. The molecule has 1 aliphatic carbocycles. The molecule has 0 aromatic heterocycles. The molecule has 0 spiro atoms. The second-order valence-electron chi connectivity index (χ2n) is 6.38. The Labute approximate surface area is 136 Å². The third-order valence-corrected chi connectivity index (χ3v) is 4.78. The van der Waals surface area contributed by atoms with Crippen LogP contribution in [-0.4, -0.2) is 23.0 Å².